The van der Waals surface area contributed by atoms with E-state index in [0.717, 1.165) is 6.42 Å². The van der Waals surface area contributed by atoms with Crippen LogP contribution in [-0.4, -0.2) is 38.5 Å². The van der Waals surface area contributed by atoms with Crippen LogP contribution in [0.3, 0.4) is 0 Å². The molecule has 1 aliphatic rings. The van der Waals surface area contributed by atoms with Crippen molar-refractivity contribution in [2.75, 3.05) is 13.7 Å². The molecule has 0 spiro atoms. The van der Waals surface area contributed by atoms with E-state index in [1.165, 1.54) is 4.31 Å². The van der Waals surface area contributed by atoms with Crippen LogP contribution < -0.4 is 5.73 Å². The SMILES string of the molecule is CC1OCCC1N(C)S(=O)(=O)c1ccccc1CN. The van der Waals surface area contributed by atoms with Crippen LogP contribution in [0.1, 0.15) is 18.9 Å². The lowest BCUT2D eigenvalue weighted by Gasteiger charge is -2.26. The Balaban J connectivity index is 2.36. The summed E-state index contributed by atoms with van der Waals surface area (Å²) in [6.07, 6.45) is 0.645. The minimum Gasteiger partial charge on any atom is -0.377 e. The average Bonchev–Trinajstić information content (AvgIpc) is 2.83. The Morgan fingerprint density at radius 3 is 2.68 bits per heavy atom. The van der Waals surface area contributed by atoms with Gasteiger partial charge < -0.3 is 10.5 Å². The fraction of sp³-hybridized carbons (Fsp3) is 0.538. The molecule has 106 valence electrons. The predicted molar refractivity (Wildman–Crippen MR) is 73.1 cm³/mol. The number of sulfonamides is 1. The largest absolute Gasteiger partial charge is 0.377 e. The van der Waals surface area contributed by atoms with Crippen molar-refractivity contribution in [2.24, 2.45) is 5.73 Å². The Morgan fingerprint density at radius 1 is 1.42 bits per heavy atom. The van der Waals surface area contributed by atoms with E-state index in [1.54, 1.807) is 31.3 Å². The van der Waals surface area contributed by atoms with Crippen LogP contribution in [0.4, 0.5) is 0 Å². The summed E-state index contributed by atoms with van der Waals surface area (Å²) in [5.41, 5.74) is 6.26. The summed E-state index contributed by atoms with van der Waals surface area (Å²) in [4.78, 5) is 0.291. The summed E-state index contributed by atoms with van der Waals surface area (Å²) in [5, 5.41) is 0. The first-order chi connectivity index (χ1) is 8.98. The standard InChI is InChI=1S/C13H20N2O3S/c1-10-12(7-8-18-10)15(2)19(16,17)13-6-4-3-5-11(13)9-14/h3-6,10,12H,7-9,14H2,1-2H3. The second-order valence-corrected chi connectivity index (χ2v) is 6.73. The van der Waals surface area contributed by atoms with Crippen molar-refractivity contribution in [3.05, 3.63) is 29.8 Å². The highest BCUT2D eigenvalue weighted by Crippen LogP contribution is 2.26. The summed E-state index contributed by atoms with van der Waals surface area (Å²) in [5.74, 6) is 0. The predicted octanol–water partition coefficient (Wildman–Crippen LogP) is 0.943. The van der Waals surface area contributed by atoms with Crippen molar-refractivity contribution in [3.8, 4) is 0 Å². The molecule has 1 saturated heterocycles. The molecule has 6 heteroatoms. The van der Waals surface area contributed by atoms with E-state index in [4.69, 9.17) is 10.5 Å². The number of hydrogen-bond donors (Lipinski definition) is 1. The van der Waals surface area contributed by atoms with Crippen LogP contribution in [0, 0.1) is 0 Å². The number of benzene rings is 1. The first-order valence-electron chi connectivity index (χ1n) is 6.36. The molecule has 0 bridgehead atoms. The second-order valence-electron chi connectivity index (χ2n) is 4.77. The van der Waals surface area contributed by atoms with Gasteiger partial charge in [0.15, 0.2) is 0 Å². The van der Waals surface area contributed by atoms with Crippen molar-refractivity contribution >= 4 is 10.0 Å². The maximum atomic E-state index is 12.7. The van der Waals surface area contributed by atoms with Gasteiger partial charge in [0.25, 0.3) is 0 Å². The monoisotopic (exact) mass is 284 g/mol. The van der Waals surface area contributed by atoms with Crippen LogP contribution in [-0.2, 0) is 21.3 Å². The summed E-state index contributed by atoms with van der Waals surface area (Å²) in [7, 11) is -1.92. The van der Waals surface area contributed by atoms with E-state index in [2.05, 4.69) is 0 Å². The summed E-state index contributed by atoms with van der Waals surface area (Å²) in [6.45, 7) is 2.71. The van der Waals surface area contributed by atoms with Gasteiger partial charge in [-0.05, 0) is 25.0 Å². The summed E-state index contributed by atoms with van der Waals surface area (Å²) in [6, 6.07) is 6.75. The zero-order chi connectivity index (χ0) is 14.0. The lowest BCUT2D eigenvalue weighted by molar-refractivity contribution is 0.102. The van der Waals surface area contributed by atoms with Crippen molar-refractivity contribution in [1.82, 2.24) is 4.31 Å². The van der Waals surface area contributed by atoms with E-state index in [-0.39, 0.29) is 18.7 Å². The number of ether oxygens (including phenoxy) is 1. The van der Waals surface area contributed by atoms with Gasteiger partial charge in [-0.15, -0.1) is 0 Å². The summed E-state index contributed by atoms with van der Waals surface area (Å²) < 4.78 is 32.2. The minimum atomic E-state index is -3.52. The Hall–Kier alpha value is -0.950. The van der Waals surface area contributed by atoms with Gasteiger partial charge >= 0.3 is 0 Å². The van der Waals surface area contributed by atoms with Gasteiger partial charge in [0, 0.05) is 20.2 Å². The maximum Gasteiger partial charge on any atom is 0.243 e. The third-order valence-electron chi connectivity index (χ3n) is 3.65. The first kappa shape index (κ1) is 14.5. The maximum absolute atomic E-state index is 12.7. The van der Waals surface area contributed by atoms with E-state index < -0.39 is 10.0 Å². The van der Waals surface area contributed by atoms with Crippen LogP contribution in [0.5, 0.6) is 0 Å². The normalized spacial score (nSPS) is 24.0. The first-order valence-corrected chi connectivity index (χ1v) is 7.80. The molecule has 1 fully saturated rings. The van der Waals surface area contributed by atoms with Gasteiger partial charge in [0.2, 0.25) is 10.0 Å². The molecule has 0 saturated carbocycles. The van der Waals surface area contributed by atoms with E-state index in [1.807, 2.05) is 6.92 Å². The highest BCUT2D eigenvalue weighted by Gasteiger charge is 2.35. The molecule has 2 unspecified atom stereocenters. The number of nitrogens with two attached hydrogens (primary N) is 1. The smallest absolute Gasteiger partial charge is 0.243 e. The van der Waals surface area contributed by atoms with Gasteiger partial charge in [-0.25, -0.2) is 8.42 Å². The van der Waals surface area contributed by atoms with Crippen molar-refractivity contribution < 1.29 is 13.2 Å². The number of nitrogens with zero attached hydrogens (tertiary/aromatic N) is 1. The molecule has 2 atom stereocenters. The minimum absolute atomic E-state index is 0.0789. The zero-order valence-corrected chi connectivity index (χ0v) is 12.1. The van der Waals surface area contributed by atoms with Crippen LogP contribution in [0.25, 0.3) is 0 Å². The topological polar surface area (TPSA) is 72.6 Å². The third-order valence-corrected chi connectivity index (χ3v) is 5.64. The highest BCUT2D eigenvalue weighted by molar-refractivity contribution is 7.89. The number of rotatable bonds is 4. The van der Waals surface area contributed by atoms with Crippen molar-refractivity contribution in [3.63, 3.8) is 0 Å². The van der Waals surface area contributed by atoms with Crippen LogP contribution >= 0.6 is 0 Å². The van der Waals surface area contributed by atoms with E-state index in [9.17, 15) is 8.42 Å². The molecule has 2 N–H and O–H groups in total. The van der Waals surface area contributed by atoms with Crippen molar-refractivity contribution in [1.29, 1.82) is 0 Å². The van der Waals surface area contributed by atoms with Crippen LogP contribution in [0.15, 0.2) is 29.2 Å². The Kier molecular flexibility index (Phi) is 4.25. The molecule has 0 aliphatic carbocycles. The Labute approximate surface area is 114 Å². The molecule has 1 aromatic rings. The summed E-state index contributed by atoms with van der Waals surface area (Å²) >= 11 is 0. The molecule has 0 radical (unpaired) electrons. The van der Waals surface area contributed by atoms with Gasteiger partial charge in [0.05, 0.1) is 17.0 Å². The number of likely N-dealkylation sites (N-methyl/N-ethyl adjacent to an activating group) is 1. The molecular weight excluding hydrogens is 264 g/mol. The molecule has 1 aromatic carbocycles. The lowest BCUT2D eigenvalue weighted by atomic mass is 10.2. The molecule has 1 heterocycles. The van der Waals surface area contributed by atoms with E-state index >= 15 is 0 Å². The quantitative estimate of drug-likeness (QED) is 0.893. The fourth-order valence-corrected chi connectivity index (χ4v) is 4.13. The molecular formula is C13H20N2O3S. The fourth-order valence-electron chi connectivity index (χ4n) is 2.46. The highest BCUT2D eigenvalue weighted by atomic mass is 32.2. The van der Waals surface area contributed by atoms with E-state index in [0.29, 0.717) is 17.1 Å². The van der Waals surface area contributed by atoms with Crippen LogP contribution in [0.2, 0.25) is 0 Å². The molecule has 19 heavy (non-hydrogen) atoms. The van der Waals surface area contributed by atoms with Crippen molar-refractivity contribution in [2.45, 2.75) is 36.9 Å². The van der Waals surface area contributed by atoms with Gasteiger partial charge in [0.1, 0.15) is 0 Å². The van der Waals surface area contributed by atoms with Gasteiger partial charge in [-0.3, -0.25) is 0 Å². The Bertz CT molecular complexity index is 545. The molecule has 2 rings (SSSR count). The van der Waals surface area contributed by atoms with Gasteiger partial charge in [-0.1, -0.05) is 18.2 Å². The molecule has 5 nitrogen and oxygen atoms in total. The molecule has 0 amide bonds. The molecule has 1 aliphatic heterocycles. The average molecular weight is 284 g/mol. The second kappa shape index (κ2) is 5.58. The molecule has 0 aromatic heterocycles. The third kappa shape index (κ3) is 2.67. The Morgan fingerprint density at radius 2 is 2.11 bits per heavy atom. The zero-order valence-electron chi connectivity index (χ0n) is 11.2. The van der Waals surface area contributed by atoms with Gasteiger partial charge in [-0.2, -0.15) is 4.31 Å². The number of hydrogen-bond acceptors (Lipinski definition) is 4. The lowest BCUT2D eigenvalue weighted by Crippen LogP contribution is -2.41.